The van der Waals surface area contributed by atoms with Gasteiger partial charge in [-0.2, -0.15) is 0 Å². The molecule has 0 unspecified atom stereocenters. The van der Waals surface area contributed by atoms with Crippen molar-refractivity contribution in [2.45, 2.75) is 64.2 Å². The zero-order valence-electron chi connectivity index (χ0n) is 12.3. The molecular weight excluding hydrogens is 266 g/mol. The van der Waals surface area contributed by atoms with Crippen LogP contribution >= 0.6 is 11.3 Å². The van der Waals surface area contributed by atoms with Crippen molar-refractivity contribution in [3.8, 4) is 0 Å². The van der Waals surface area contributed by atoms with Gasteiger partial charge in [0.05, 0.1) is 4.88 Å². The van der Waals surface area contributed by atoms with Crippen molar-refractivity contribution in [2.24, 2.45) is 0 Å². The third kappa shape index (κ3) is 3.25. The lowest BCUT2D eigenvalue weighted by molar-refractivity contribution is 0.0766. The topological polar surface area (TPSA) is 20.3 Å². The van der Waals surface area contributed by atoms with Crippen molar-refractivity contribution >= 4 is 17.2 Å². The summed E-state index contributed by atoms with van der Waals surface area (Å²) < 4.78 is 0. The lowest BCUT2D eigenvalue weighted by Gasteiger charge is -2.19. The zero-order chi connectivity index (χ0) is 13.8. The second kappa shape index (κ2) is 6.75. The number of fused-ring (bicyclic) bond motifs is 1. The molecule has 20 heavy (non-hydrogen) atoms. The molecule has 1 aliphatic heterocycles. The molecule has 2 nitrogen and oxygen atoms in total. The van der Waals surface area contributed by atoms with E-state index in [0.717, 1.165) is 18.0 Å². The Hall–Kier alpha value is -0.830. The number of hydrogen-bond donors (Lipinski definition) is 0. The van der Waals surface area contributed by atoms with E-state index in [1.165, 1.54) is 74.6 Å². The van der Waals surface area contributed by atoms with E-state index in [2.05, 4.69) is 11.0 Å². The number of carbonyl (C=O) groups is 1. The molecule has 1 aromatic heterocycles. The maximum Gasteiger partial charge on any atom is 0.263 e. The molecule has 3 heteroatoms. The van der Waals surface area contributed by atoms with E-state index >= 15 is 0 Å². The predicted molar refractivity (Wildman–Crippen MR) is 84.6 cm³/mol. The first kappa shape index (κ1) is 14.1. The third-order valence-corrected chi connectivity index (χ3v) is 5.83. The Kier molecular flexibility index (Phi) is 4.77. The molecule has 1 saturated heterocycles. The molecule has 1 aliphatic carbocycles. The predicted octanol–water partition coefficient (Wildman–Crippen LogP) is 4.42. The SMILES string of the molecule is O=C(c1cc2c(s1)CCCCCC2)N1CCCCCC1. The highest BCUT2D eigenvalue weighted by atomic mass is 32.1. The summed E-state index contributed by atoms with van der Waals surface area (Å²) in [5.74, 6) is 0.295. The highest BCUT2D eigenvalue weighted by molar-refractivity contribution is 7.14. The molecule has 1 fully saturated rings. The largest absolute Gasteiger partial charge is 0.338 e. The maximum atomic E-state index is 12.7. The smallest absolute Gasteiger partial charge is 0.263 e. The molecule has 1 amide bonds. The minimum Gasteiger partial charge on any atom is -0.338 e. The van der Waals surface area contributed by atoms with Gasteiger partial charge in [-0.05, 0) is 50.2 Å². The van der Waals surface area contributed by atoms with E-state index in [-0.39, 0.29) is 0 Å². The van der Waals surface area contributed by atoms with Gasteiger partial charge in [0.1, 0.15) is 0 Å². The molecular formula is C17H25NOS. The van der Waals surface area contributed by atoms with E-state index in [9.17, 15) is 4.79 Å². The Morgan fingerprint density at radius 3 is 2.30 bits per heavy atom. The molecule has 2 heterocycles. The summed E-state index contributed by atoms with van der Waals surface area (Å²) in [4.78, 5) is 17.3. The summed E-state index contributed by atoms with van der Waals surface area (Å²) in [6.07, 6.45) is 12.6. The number of amides is 1. The summed E-state index contributed by atoms with van der Waals surface area (Å²) in [5, 5.41) is 0. The van der Waals surface area contributed by atoms with Crippen molar-refractivity contribution in [1.82, 2.24) is 4.90 Å². The van der Waals surface area contributed by atoms with Crippen LogP contribution in [-0.4, -0.2) is 23.9 Å². The zero-order valence-corrected chi connectivity index (χ0v) is 13.1. The molecule has 110 valence electrons. The van der Waals surface area contributed by atoms with E-state index in [0.29, 0.717) is 5.91 Å². The lowest BCUT2D eigenvalue weighted by Crippen LogP contribution is -2.31. The minimum absolute atomic E-state index is 0.295. The number of nitrogens with zero attached hydrogens (tertiary/aromatic N) is 1. The second-order valence-electron chi connectivity index (χ2n) is 6.18. The molecule has 0 atom stereocenters. The first-order valence-corrected chi connectivity index (χ1v) is 9.07. The maximum absolute atomic E-state index is 12.7. The Morgan fingerprint density at radius 2 is 1.55 bits per heavy atom. The van der Waals surface area contributed by atoms with Crippen LogP contribution in [0.5, 0.6) is 0 Å². The van der Waals surface area contributed by atoms with Gasteiger partial charge >= 0.3 is 0 Å². The molecule has 0 N–H and O–H groups in total. The van der Waals surface area contributed by atoms with Crippen LogP contribution < -0.4 is 0 Å². The molecule has 0 aromatic carbocycles. The van der Waals surface area contributed by atoms with Crippen molar-refractivity contribution in [2.75, 3.05) is 13.1 Å². The second-order valence-corrected chi connectivity index (χ2v) is 7.32. The standard InChI is InChI=1S/C17H25NOS/c19-17(18-11-7-3-4-8-12-18)16-13-14-9-5-1-2-6-10-15(14)20-16/h13H,1-12H2. The quantitative estimate of drug-likeness (QED) is 0.750. The van der Waals surface area contributed by atoms with Crippen LogP contribution in [0.3, 0.4) is 0 Å². The van der Waals surface area contributed by atoms with E-state index < -0.39 is 0 Å². The fourth-order valence-electron chi connectivity index (χ4n) is 3.38. The van der Waals surface area contributed by atoms with Crippen molar-refractivity contribution in [3.05, 3.63) is 21.4 Å². The van der Waals surface area contributed by atoms with Crippen LogP contribution in [0.1, 0.15) is 71.5 Å². The van der Waals surface area contributed by atoms with Crippen molar-refractivity contribution < 1.29 is 4.79 Å². The highest BCUT2D eigenvalue weighted by Crippen LogP contribution is 2.29. The Morgan fingerprint density at radius 1 is 0.900 bits per heavy atom. The first-order chi connectivity index (χ1) is 9.84. The number of aryl methyl sites for hydroxylation is 2. The summed E-state index contributed by atoms with van der Waals surface area (Å²) in [7, 11) is 0. The Labute approximate surface area is 126 Å². The molecule has 1 aromatic rings. The average Bonchev–Trinajstić information content (AvgIpc) is 2.65. The van der Waals surface area contributed by atoms with Crippen molar-refractivity contribution in [3.63, 3.8) is 0 Å². The van der Waals surface area contributed by atoms with Gasteiger partial charge in [0.2, 0.25) is 0 Å². The van der Waals surface area contributed by atoms with Gasteiger partial charge in [-0.1, -0.05) is 25.7 Å². The normalized spacial score (nSPS) is 20.7. The number of hydrogen-bond acceptors (Lipinski definition) is 2. The van der Waals surface area contributed by atoms with E-state index in [4.69, 9.17) is 0 Å². The molecule has 0 bridgehead atoms. The third-order valence-electron chi connectivity index (χ3n) is 4.60. The highest BCUT2D eigenvalue weighted by Gasteiger charge is 2.21. The lowest BCUT2D eigenvalue weighted by atomic mass is 10.00. The van der Waals surface area contributed by atoms with Crippen LogP contribution in [0.4, 0.5) is 0 Å². The van der Waals surface area contributed by atoms with Gasteiger partial charge in [0, 0.05) is 18.0 Å². The average molecular weight is 291 g/mol. The van der Waals surface area contributed by atoms with Crippen LogP contribution in [0.15, 0.2) is 6.07 Å². The molecule has 0 saturated carbocycles. The molecule has 0 radical (unpaired) electrons. The fourth-order valence-corrected chi connectivity index (χ4v) is 4.60. The van der Waals surface area contributed by atoms with Crippen LogP contribution in [0.2, 0.25) is 0 Å². The van der Waals surface area contributed by atoms with Crippen LogP contribution in [-0.2, 0) is 12.8 Å². The monoisotopic (exact) mass is 291 g/mol. The van der Waals surface area contributed by atoms with E-state index in [1.54, 1.807) is 11.3 Å². The summed E-state index contributed by atoms with van der Waals surface area (Å²) in [6, 6.07) is 2.21. The van der Waals surface area contributed by atoms with Crippen LogP contribution in [0, 0.1) is 0 Å². The Balaban J connectivity index is 1.75. The number of likely N-dealkylation sites (tertiary alicyclic amines) is 1. The summed E-state index contributed by atoms with van der Waals surface area (Å²) >= 11 is 1.78. The van der Waals surface area contributed by atoms with Gasteiger partial charge in [-0.15, -0.1) is 11.3 Å². The van der Waals surface area contributed by atoms with Gasteiger partial charge in [0.25, 0.3) is 5.91 Å². The summed E-state index contributed by atoms with van der Waals surface area (Å²) in [5.41, 5.74) is 1.47. The van der Waals surface area contributed by atoms with Crippen LogP contribution in [0.25, 0.3) is 0 Å². The van der Waals surface area contributed by atoms with Gasteiger partial charge in [0.15, 0.2) is 0 Å². The molecule has 2 aliphatic rings. The molecule has 0 spiro atoms. The number of carbonyl (C=O) groups excluding carboxylic acids is 1. The molecule has 3 rings (SSSR count). The number of thiophene rings is 1. The number of rotatable bonds is 1. The van der Waals surface area contributed by atoms with Gasteiger partial charge in [-0.25, -0.2) is 0 Å². The Bertz CT molecular complexity index is 432. The first-order valence-electron chi connectivity index (χ1n) is 8.25. The van der Waals surface area contributed by atoms with E-state index in [1.807, 2.05) is 0 Å². The minimum atomic E-state index is 0.295. The van der Waals surface area contributed by atoms with Gasteiger partial charge in [-0.3, -0.25) is 4.79 Å². The fraction of sp³-hybridized carbons (Fsp3) is 0.706. The van der Waals surface area contributed by atoms with Crippen molar-refractivity contribution in [1.29, 1.82) is 0 Å². The van der Waals surface area contributed by atoms with Gasteiger partial charge < -0.3 is 4.90 Å². The summed E-state index contributed by atoms with van der Waals surface area (Å²) in [6.45, 7) is 1.92.